The number of nitrogens with zero attached hydrogens (tertiary/aromatic N) is 3. The molecule has 0 atom stereocenters. The molecule has 160 valence electrons. The topological polar surface area (TPSA) is 54.8 Å². The number of methoxy groups -OCH3 is 1. The van der Waals surface area contributed by atoms with E-state index in [-0.39, 0.29) is 0 Å². The monoisotopic (exact) mass is 417 g/mol. The van der Waals surface area contributed by atoms with Crippen molar-refractivity contribution in [2.45, 2.75) is 13.5 Å². The van der Waals surface area contributed by atoms with Crippen LogP contribution < -0.4 is 9.64 Å². The Balaban J connectivity index is 1.38. The number of amides is 1. The Morgan fingerprint density at radius 1 is 0.903 bits per heavy atom. The van der Waals surface area contributed by atoms with E-state index in [1.54, 1.807) is 18.1 Å². The molecule has 1 fully saturated rings. The number of carbonyl (C=O) groups excluding carboxylic acids is 2. The standard InChI is InChI=1S/C25H27N3O3/c1-19-5-7-20(8-6-19)18-28-13-3-4-23(28)24(29)25(30)27-16-14-26(15-17-27)21-9-11-22(31-2)12-10-21/h3-13H,14-18H2,1-2H3. The molecule has 2 aromatic carbocycles. The summed E-state index contributed by atoms with van der Waals surface area (Å²) in [5, 5.41) is 0. The molecule has 1 aliphatic rings. The molecule has 31 heavy (non-hydrogen) atoms. The van der Waals surface area contributed by atoms with Crippen LogP contribution in [0.1, 0.15) is 21.6 Å². The van der Waals surface area contributed by atoms with Gasteiger partial charge in [-0.25, -0.2) is 0 Å². The van der Waals surface area contributed by atoms with E-state index >= 15 is 0 Å². The normalized spacial score (nSPS) is 13.9. The first-order valence-corrected chi connectivity index (χ1v) is 10.5. The summed E-state index contributed by atoms with van der Waals surface area (Å²) < 4.78 is 7.05. The van der Waals surface area contributed by atoms with Crippen molar-refractivity contribution >= 4 is 17.4 Å². The third-order valence-electron chi connectivity index (χ3n) is 5.73. The Morgan fingerprint density at radius 3 is 2.23 bits per heavy atom. The van der Waals surface area contributed by atoms with Gasteiger partial charge in [0.1, 0.15) is 5.75 Å². The minimum absolute atomic E-state index is 0.432. The number of ketones is 1. The maximum atomic E-state index is 13.0. The Hall–Kier alpha value is -3.54. The highest BCUT2D eigenvalue weighted by molar-refractivity contribution is 6.42. The van der Waals surface area contributed by atoms with Crippen LogP contribution in [0.2, 0.25) is 0 Å². The van der Waals surface area contributed by atoms with E-state index in [4.69, 9.17) is 4.74 Å². The van der Waals surface area contributed by atoms with Gasteiger partial charge < -0.3 is 19.1 Å². The second-order valence-electron chi connectivity index (χ2n) is 7.81. The van der Waals surface area contributed by atoms with Crippen LogP contribution in [0.15, 0.2) is 66.9 Å². The van der Waals surface area contributed by atoms with Gasteiger partial charge >= 0.3 is 0 Å². The number of aromatic nitrogens is 1. The Morgan fingerprint density at radius 2 is 1.58 bits per heavy atom. The van der Waals surface area contributed by atoms with Crippen LogP contribution in [0.25, 0.3) is 0 Å². The summed E-state index contributed by atoms with van der Waals surface area (Å²) in [7, 11) is 1.65. The van der Waals surface area contributed by atoms with Crippen molar-refractivity contribution in [2.24, 2.45) is 0 Å². The zero-order valence-electron chi connectivity index (χ0n) is 18.0. The third kappa shape index (κ3) is 4.63. The molecule has 0 saturated carbocycles. The number of benzene rings is 2. The smallest absolute Gasteiger partial charge is 0.296 e. The summed E-state index contributed by atoms with van der Waals surface area (Å²) in [5.74, 6) is -0.0648. The van der Waals surface area contributed by atoms with Crippen molar-refractivity contribution in [3.05, 3.63) is 83.7 Å². The molecule has 1 aromatic heterocycles. The van der Waals surface area contributed by atoms with Crippen LogP contribution in [0, 0.1) is 6.92 Å². The first-order chi connectivity index (χ1) is 15.0. The van der Waals surface area contributed by atoms with Crippen LogP contribution in [-0.4, -0.2) is 54.4 Å². The predicted molar refractivity (Wildman–Crippen MR) is 121 cm³/mol. The average molecular weight is 418 g/mol. The summed E-state index contributed by atoms with van der Waals surface area (Å²) in [6.07, 6.45) is 1.85. The van der Waals surface area contributed by atoms with E-state index in [0.29, 0.717) is 38.4 Å². The summed E-state index contributed by atoms with van der Waals surface area (Å²) >= 11 is 0. The van der Waals surface area contributed by atoms with Gasteiger partial charge in [0.05, 0.1) is 12.8 Å². The molecular formula is C25H27N3O3. The first-order valence-electron chi connectivity index (χ1n) is 10.5. The molecule has 0 bridgehead atoms. The Bertz CT molecular complexity index is 1050. The van der Waals surface area contributed by atoms with Gasteiger partial charge in [-0.2, -0.15) is 0 Å². The fraction of sp³-hybridized carbons (Fsp3) is 0.280. The lowest BCUT2D eigenvalue weighted by molar-refractivity contribution is -0.126. The number of Topliss-reactive ketones (excluding diaryl/α,β-unsaturated/α-hetero) is 1. The molecular weight excluding hydrogens is 390 g/mol. The number of piperazine rings is 1. The van der Waals surface area contributed by atoms with Crippen LogP contribution in [0.4, 0.5) is 5.69 Å². The van der Waals surface area contributed by atoms with Crippen molar-refractivity contribution < 1.29 is 14.3 Å². The average Bonchev–Trinajstić information content (AvgIpc) is 3.28. The lowest BCUT2D eigenvalue weighted by Crippen LogP contribution is -2.50. The van der Waals surface area contributed by atoms with Gasteiger partial charge in [-0.1, -0.05) is 29.8 Å². The molecule has 0 radical (unpaired) electrons. The second-order valence-corrected chi connectivity index (χ2v) is 7.81. The third-order valence-corrected chi connectivity index (χ3v) is 5.73. The number of ether oxygens (including phenoxy) is 1. The molecule has 0 spiro atoms. The highest BCUT2D eigenvalue weighted by Gasteiger charge is 2.28. The van der Waals surface area contributed by atoms with Crippen molar-refractivity contribution in [1.29, 1.82) is 0 Å². The molecule has 1 aliphatic heterocycles. The van der Waals surface area contributed by atoms with Crippen LogP contribution in [0.3, 0.4) is 0 Å². The van der Waals surface area contributed by atoms with Gasteiger partial charge in [0, 0.05) is 44.6 Å². The molecule has 6 heteroatoms. The van der Waals surface area contributed by atoms with E-state index in [2.05, 4.69) is 4.90 Å². The first kappa shape index (κ1) is 20.7. The molecule has 2 heterocycles. The van der Waals surface area contributed by atoms with Gasteiger partial charge in [-0.05, 0) is 48.9 Å². The molecule has 1 saturated heterocycles. The number of carbonyl (C=O) groups is 2. The van der Waals surface area contributed by atoms with Gasteiger partial charge in [0.15, 0.2) is 0 Å². The van der Waals surface area contributed by atoms with Crippen molar-refractivity contribution in [3.8, 4) is 5.75 Å². The van der Waals surface area contributed by atoms with Crippen molar-refractivity contribution in [1.82, 2.24) is 9.47 Å². The summed E-state index contributed by atoms with van der Waals surface area (Å²) in [4.78, 5) is 29.7. The fourth-order valence-electron chi connectivity index (χ4n) is 3.86. The van der Waals surface area contributed by atoms with E-state index < -0.39 is 11.7 Å². The quantitative estimate of drug-likeness (QED) is 0.456. The zero-order chi connectivity index (χ0) is 21.8. The van der Waals surface area contributed by atoms with Crippen molar-refractivity contribution in [2.75, 3.05) is 38.2 Å². The largest absolute Gasteiger partial charge is 0.497 e. The van der Waals surface area contributed by atoms with E-state index in [1.165, 1.54) is 5.56 Å². The number of rotatable bonds is 6. The maximum absolute atomic E-state index is 13.0. The SMILES string of the molecule is COc1ccc(N2CCN(C(=O)C(=O)c3cccn3Cc3ccc(C)cc3)CC2)cc1. The van der Waals surface area contributed by atoms with Gasteiger partial charge in [0.25, 0.3) is 11.7 Å². The van der Waals surface area contributed by atoms with E-state index in [9.17, 15) is 9.59 Å². The zero-order valence-corrected chi connectivity index (χ0v) is 18.0. The van der Waals surface area contributed by atoms with Crippen LogP contribution in [0.5, 0.6) is 5.75 Å². The lowest BCUT2D eigenvalue weighted by atomic mass is 10.1. The van der Waals surface area contributed by atoms with Gasteiger partial charge in [0.2, 0.25) is 0 Å². The lowest BCUT2D eigenvalue weighted by Gasteiger charge is -2.35. The number of anilines is 1. The minimum atomic E-state index is -0.449. The summed E-state index contributed by atoms with van der Waals surface area (Å²) in [5.41, 5.74) is 3.81. The second kappa shape index (κ2) is 9.08. The molecule has 1 amide bonds. The van der Waals surface area contributed by atoms with Gasteiger partial charge in [-0.3, -0.25) is 9.59 Å². The Labute approximate surface area is 182 Å². The maximum Gasteiger partial charge on any atom is 0.296 e. The number of hydrogen-bond acceptors (Lipinski definition) is 4. The van der Waals surface area contributed by atoms with Gasteiger partial charge in [-0.15, -0.1) is 0 Å². The fourth-order valence-corrected chi connectivity index (χ4v) is 3.86. The molecule has 3 aromatic rings. The molecule has 6 nitrogen and oxygen atoms in total. The highest BCUT2D eigenvalue weighted by atomic mass is 16.5. The molecule has 0 N–H and O–H groups in total. The van der Waals surface area contributed by atoms with E-state index in [1.807, 2.05) is 72.3 Å². The predicted octanol–water partition coefficient (Wildman–Crippen LogP) is 3.38. The number of aryl methyl sites for hydroxylation is 1. The van der Waals surface area contributed by atoms with Crippen LogP contribution in [-0.2, 0) is 11.3 Å². The molecule has 0 unspecified atom stereocenters. The summed E-state index contributed by atoms with van der Waals surface area (Å²) in [6, 6.07) is 19.6. The van der Waals surface area contributed by atoms with Crippen molar-refractivity contribution in [3.63, 3.8) is 0 Å². The van der Waals surface area contributed by atoms with E-state index in [0.717, 1.165) is 17.0 Å². The van der Waals surface area contributed by atoms with Crippen LogP contribution >= 0.6 is 0 Å². The molecule has 0 aliphatic carbocycles. The molecule has 4 rings (SSSR count). The summed E-state index contributed by atoms with van der Waals surface area (Å²) in [6.45, 7) is 5.03. The number of hydrogen-bond donors (Lipinski definition) is 0. The minimum Gasteiger partial charge on any atom is -0.497 e. The Kier molecular flexibility index (Phi) is 6.07. The highest BCUT2D eigenvalue weighted by Crippen LogP contribution is 2.21.